The molecule has 3 N–H and O–H groups in total. The molecule has 1 saturated heterocycles. The molecule has 0 saturated carbocycles. The van der Waals surface area contributed by atoms with Gasteiger partial charge in [0, 0.05) is 17.0 Å². The average Bonchev–Trinajstić information content (AvgIpc) is 2.61. The number of benzene rings is 2. The summed E-state index contributed by atoms with van der Waals surface area (Å²) in [5, 5.41) is 5.18. The van der Waals surface area contributed by atoms with E-state index in [2.05, 4.69) is 10.2 Å². The van der Waals surface area contributed by atoms with Gasteiger partial charge >= 0.3 is 0 Å². The summed E-state index contributed by atoms with van der Waals surface area (Å²) >= 11 is 0. The smallest absolute Gasteiger partial charge is 0.241 e. The minimum atomic E-state index is -0.238. The van der Waals surface area contributed by atoms with Gasteiger partial charge in [0.05, 0.1) is 6.04 Å². The number of rotatable bonds is 4. The van der Waals surface area contributed by atoms with Gasteiger partial charge in [-0.15, -0.1) is 0 Å². The van der Waals surface area contributed by atoms with Crippen LogP contribution in [0.5, 0.6) is 0 Å². The second-order valence-electron chi connectivity index (χ2n) is 6.40. The number of hydrogen-bond donors (Lipinski definition) is 2. The molecule has 2 aromatic carbocycles. The number of likely N-dealkylation sites (tertiary alicyclic amines) is 1. The third-order valence-corrected chi connectivity index (χ3v) is 4.91. The summed E-state index contributed by atoms with van der Waals surface area (Å²) in [5.41, 5.74) is 6.20. The molecular formula is C19H23N3O2. The number of hydrogen-bond acceptors (Lipinski definition) is 3. The highest BCUT2D eigenvalue weighted by Gasteiger charge is 2.28. The summed E-state index contributed by atoms with van der Waals surface area (Å²) in [5.74, 6) is -0.319. The quantitative estimate of drug-likeness (QED) is 0.906. The molecule has 1 aliphatic rings. The highest BCUT2D eigenvalue weighted by Crippen LogP contribution is 2.24. The van der Waals surface area contributed by atoms with E-state index in [9.17, 15) is 9.59 Å². The Kier molecular flexibility index (Phi) is 4.81. The lowest BCUT2D eigenvalue weighted by Gasteiger charge is -2.34. The number of carbonyl (C=O) groups is 2. The molecule has 5 heteroatoms. The number of amides is 2. The van der Waals surface area contributed by atoms with E-state index in [1.165, 1.54) is 0 Å². The third-order valence-electron chi connectivity index (χ3n) is 4.91. The summed E-state index contributed by atoms with van der Waals surface area (Å²) < 4.78 is 0. The van der Waals surface area contributed by atoms with Crippen molar-refractivity contribution >= 4 is 28.3 Å². The van der Waals surface area contributed by atoms with Crippen LogP contribution >= 0.6 is 0 Å². The first-order chi connectivity index (χ1) is 11.6. The topological polar surface area (TPSA) is 75.4 Å². The van der Waals surface area contributed by atoms with Gasteiger partial charge in [-0.1, -0.05) is 36.4 Å². The minimum Gasteiger partial charge on any atom is -0.369 e. The van der Waals surface area contributed by atoms with Crippen LogP contribution in [0.1, 0.15) is 19.8 Å². The van der Waals surface area contributed by atoms with Crippen molar-refractivity contribution in [2.24, 2.45) is 11.7 Å². The molecule has 5 nitrogen and oxygen atoms in total. The van der Waals surface area contributed by atoms with Crippen molar-refractivity contribution in [1.29, 1.82) is 0 Å². The molecule has 2 aromatic rings. The Labute approximate surface area is 141 Å². The van der Waals surface area contributed by atoms with Crippen LogP contribution in [0.25, 0.3) is 10.8 Å². The maximum Gasteiger partial charge on any atom is 0.241 e. The van der Waals surface area contributed by atoms with Crippen LogP contribution in [0.15, 0.2) is 42.5 Å². The molecule has 1 unspecified atom stereocenters. The van der Waals surface area contributed by atoms with Crippen molar-refractivity contribution in [3.8, 4) is 0 Å². The van der Waals surface area contributed by atoms with Crippen molar-refractivity contribution in [2.45, 2.75) is 25.8 Å². The number of piperidine rings is 1. The van der Waals surface area contributed by atoms with E-state index in [1.54, 1.807) is 0 Å². The highest BCUT2D eigenvalue weighted by atomic mass is 16.2. The van der Waals surface area contributed by atoms with Gasteiger partial charge in [0.15, 0.2) is 0 Å². The van der Waals surface area contributed by atoms with Crippen LogP contribution in [0.4, 0.5) is 5.69 Å². The first-order valence-corrected chi connectivity index (χ1v) is 8.38. The summed E-state index contributed by atoms with van der Waals surface area (Å²) in [4.78, 5) is 26.0. The maximum absolute atomic E-state index is 12.6. The molecule has 0 spiro atoms. The maximum atomic E-state index is 12.6. The first-order valence-electron chi connectivity index (χ1n) is 8.38. The summed E-state index contributed by atoms with van der Waals surface area (Å²) in [7, 11) is 0. The van der Waals surface area contributed by atoms with Crippen LogP contribution in [0.3, 0.4) is 0 Å². The largest absolute Gasteiger partial charge is 0.369 e. The monoisotopic (exact) mass is 325 g/mol. The lowest BCUT2D eigenvalue weighted by molar-refractivity contribution is -0.124. The average molecular weight is 325 g/mol. The molecule has 0 radical (unpaired) electrons. The second-order valence-corrected chi connectivity index (χ2v) is 6.40. The van der Waals surface area contributed by atoms with E-state index >= 15 is 0 Å². The summed E-state index contributed by atoms with van der Waals surface area (Å²) in [6.45, 7) is 3.35. The SMILES string of the molecule is CC(C(=O)Nc1cccc2ccccc12)N1CCC(C(N)=O)CC1. The minimum absolute atomic E-state index is 0.0242. The molecule has 0 bridgehead atoms. The first kappa shape index (κ1) is 16.5. The van der Waals surface area contributed by atoms with Gasteiger partial charge in [-0.2, -0.15) is 0 Å². The molecule has 24 heavy (non-hydrogen) atoms. The van der Waals surface area contributed by atoms with Crippen LogP contribution < -0.4 is 11.1 Å². The fourth-order valence-corrected chi connectivity index (χ4v) is 3.31. The number of primary amides is 1. The van der Waals surface area contributed by atoms with Crippen molar-refractivity contribution in [3.63, 3.8) is 0 Å². The van der Waals surface area contributed by atoms with Gasteiger partial charge in [-0.3, -0.25) is 14.5 Å². The second kappa shape index (κ2) is 7.01. The van der Waals surface area contributed by atoms with Crippen molar-refractivity contribution in [2.75, 3.05) is 18.4 Å². The van der Waals surface area contributed by atoms with E-state index in [0.717, 1.165) is 42.4 Å². The van der Waals surface area contributed by atoms with Crippen molar-refractivity contribution < 1.29 is 9.59 Å². The molecule has 1 atom stereocenters. The van der Waals surface area contributed by atoms with Gasteiger partial charge < -0.3 is 11.1 Å². The van der Waals surface area contributed by atoms with E-state index in [0.29, 0.717) is 0 Å². The molecule has 1 aliphatic heterocycles. The zero-order valence-electron chi connectivity index (χ0n) is 13.9. The normalized spacial score (nSPS) is 17.5. The molecule has 126 valence electrons. The Bertz CT molecular complexity index is 746. The lowest BCUT2D eigenvalue weighted by atomic mass is 9.95. The number of carbonyl (C=O) groups excluding carboxylic acids is 2. The Morgan fingerprint density at radius 2 is 1.79 bits per heavy atom. The van der Waals surface area contributed by atoms with Crippen LogP contribution in [0, 0.1) is 5.92 Å². The molecule has 3 rings (SSSR count). The van der Waals surface area contributed by atoms with E-state index in [4.69, 9.17) is 5.73 Å². The van der Waals surface area contributed by atoms with Crippen LogP contribution in [0.2, 0.25) is 0 Å². The van der Waals surface area contributed by atoms with Gasteiger partial charge in [-0.25, -0.2) is 0 Å². The fraction of sp³-hybridized carbons (Fsp3) is 0.368. The number of anilines is 1. The number of nitrogens with one attached hydrogen (secondary N) is 1. The predicted molar refractivity (Wildman–Crippen MR) is 95.5 cm³/mol. The number of nitrogens with zero attached hydrogens (tertiary/aromatic N) is 1. The Balaban J connectivity index is 1.67. The van der Waals surface area contributed by atoms with E-state index < -0.39 is 0 Å². The summed E-state index contributed by atoms with van der Waals surface area (Å²) in [6, 6.07) is 13.7. The molecule has 1 heterocycles. The molecular weight excluding hydrogens is 302 g/mol. The standard InChI is InChI=1S/C19H23N3O2/c1-13(22-11-9-15(10-12-22)18(20)23)19(24)21-17-8-4-6-14-5-2-3-7-16(14)17/h2-8,13,15H,9-12H2,1H3,(H2,20,23)(H,21,24). The summed E-state index contributed by atoms with van der Waals surface area (Å²) in [6.07, 6.45) is 1.45. The molecule has 0 aliphatic carbocycles. The van der Waals surface area contributed by atoms with Gasteiger partial charge in [0.2, 0.25) is 11.8 Å². The molecule has 1 fully saturated rings. The van der Waals surface area contributed by atoms with Gasteiger partial charge in [0.25, 0.3) is 0 Å². The Morgan fingerprint density at radius 3 is 2.50 bits per heavy atom. The van der Waals surface area contributed by atoms with Crippen LogP contribution in [-0.2, 0) is 9.59 Å². The van der Waals surface area contributed by atoms with Crippen molar-refractivity contribution in [1.82, 2.24) is 4.90 Å². The zero-order valence-corrected chi connectivity index (χ0v) is 13.9. The van der Waals surface area contributed by atoms with Crippen molar-refractivity contribution in [3.05, 3.63) is 42.5 Å². The molecule has 2 amide bonds. The number of fused-ring (bicyclic) bond motifs is 1. The van der Waals surface area contributed by atoms with Gasteiger partial charge in [0.1, 0.15) is 0 Å². The van der Waals surface area contributed by atoms with E-state index in [1.807, 2.05) is 49.4 Å². The van der Waals surface area contributed by atoms with Crippen LogP contribution in [-0.4, -0.2) is 35.8 Å². The fourth-order valence-electron chi connectivity index (χ4n) is 3.31. The predicted octanol–water partition coefficient (Wildman–Crippen LogP) is 2.36. The Hall–Kier alpha value is -2.40. The lowest BCUT2D eigenvalue weighted by Crippen LogP contribution is -2.47. The third kappa shape index (κ3) is 3.41. The Morgan fingerprint density at radius 1 is 1.12 bits per heavy atom. The highest BCUT2D eigenvalue weighted by molar-refractivity contribution is 6.03. The van der Waals surface area contributed by atoms with Gasteiger partial charge in [-0.05, 0) is 44.3 Å². The zero-order chi connectivity index (χ0) is 17.1. The number of nitrogens with two attached hydrogens (primary N) is 1. The molecule has 0 aromatic heterocycles. The van der Waals surface area contributed by atoms with E-state index in [-0.39, 0.29) is 23.8 Å².